The summed E-state index contributed by atoms with van der Waals surface area (Å²) in [5.41, 5.74) is 0. The van der Waals surface area contributed by atoms with Crippen molar-refractivity contribution >= 4 is 13.7 Å². The van der Waals surface area contributed by atoms with Crippen LogP contribution in [0.4, 0.5) is 0 Å². The van der Waals surface area contributed by atoms with Crippen molar-refractivity contribution in [2.24, 2.45) is 0 Å². The molecule has 3 unspecified atom stereocenters. The molecule has 0 saturated heterocycles. The summed E-state index contributed by atoms with van der Waals surface area (Å²) in [5.74, 6) is -0.203. The zero-order valence-corrected chi connectivity index (χ0v) is 22.1. The van der Waals surface area contributed by atoms with Crippen LogP contribution >= 0.6 is 7.82 Å². The molecule has 32 heavy (non-hydrogen) atoms. The number of phosphoric acid groups is 1. The van der Waals surface area contributed by atoms with Crippen molar-refractivity contribution in [3.63, 3.8) is 0 Å². The summed E-state index contributed by atoms with van der Waals surface area (Å²) in [6.07, 6.45) is 11.3. The fourth-order valence-electron chi connectivity index (χ4n) is 3.26. The number of aliphatic hydroxyl groups excluding tert-OH is 1. The molecule has 0 aliphatic carbocycles. The Balaban J connectivity index is 4.44. The second-order valence-corrected chi connectivity index (χ2v) is 11.2. The summed E-state index contributed by atoms with van der Waals surface area (Å²) in [6, 6.07) is -0.745. The van der Waals surface area contributed by atoms with Crippen LogP contribution in [0.25, 0.3) is 0 Å². The van der Waals surface area contributed by atoms with Gasteiger partial charge < -0.3 is 19.8 Å². The first-order chi connectivity index (χ1) is 15.0. The number of nitrogens with zero attached hydrogens (tertiary/aromatic N) is 1. The van der Waals surface area contributed by atoms with Crippen LogP contribution in [-0.4, -0.2) is 73.4 Å². The first kappa shape index (κ1) is 31.5. The fraction of sp³-hybridized carbons (Fsp3) is 0.957. The van der Waals surface area contributed by atoms with Gasteiger partial charge in [0.1, 0.15) is 13.2 Å². The maximum atomic E-state index is 12.2. The third-order valence-electron chi connectivity index (χ3n) is 5.33. The lowest BCUT2D eigenvalue weighted by Gasteiger charge is -2.26. The van der Waals surface area contributed by atoms with Crippen molar-refractivity contribution in [2.75, 3.05) is 40.9 Å². The van der Waals surface area contributed by atoms with Gasteiger partial charge in [0, 0.05) is 6.42 Å². The second kappa shape index (κ2) is 17.9. The number of rotatable bonds is 21. The van der Waals surface area contributed by atoms with E-state index < -0.39 is 20.0 Å². The highest BCUT2D eigenvalue weighted by atomic mass is 31.2. The summed E-state index contributed by atoms with van der Waals surface area (Å²) in [6.45, 7) is 4.46. The van der Waals surface area contributed by atoms with E-state index in [-0.39, 0.29) is 19.1 Å². The molecule has 0 radical (unpaired) electrons. The van der Waals surface area contributed by atoms with Gasteiger partial charge in [-0.2, -0.15) is 0 Å². The molecule has 0 saturated carbocycles. The Morgan fingerprint density at radius 1 is 0.938 bits per heavy atom. The first-order valence-electron chi connectivity index (χ1n) is 12.4. The molecule has 0 heterocycles. The minimum Gasteiger partial charge on any atom is -0.391 e. The van der Waals surface area contributed by atoms with Crippen molar-refractivity contribution < 1.29 is 32.9 Å². The molecule has 1 amide bonds. The molecule has 9 heteroatoms. The van der Waals surface area contributed by atoms with Gasteiger partial charge in [0.15, 0.2) is 0 Å². The van der Waals surface area contributed by atoms with Gasteiger partial charge in [-0.05, 0) is 12.8 Å². The number of unbranched alkanes of at least 4 members (excludes halogenated alkanes) is 8. The summed E-state index contributed by atoms with van der Waals surface area (Å²) in [7, 11) is 1.60. The van der Waals surface area contributed by atoms with E-state index in [9.17, 15) is 19.4 Å². The van der Waals surface area contributed by atoms with Crippen LogP contribution in [-0.2, 0) is 18.4 Å². The molecular weight excluding hydrogens is 431 g/mol. The lowest BCUT2D eigenvalue weighted by molar-refractivity contribution is -0.870. The third-order valence-corrected chi connectivity index (χ3v) is 6.31. The molecule has 0 aliphatic heterocycles. The van der Waals surface area contributed by atoms with Gasteiger partial charge in [-0.3, -0.25) is 13.8 Å². The summed E-state index contributed by atoms with van der Waals surface area (Å²) >= 11 is 0. The van der Waals surface area contributed by atoms with Gasteiger partial charge in [-0.1, -0.05) is 71.6 Å². The number of nitrogens with one attached hydrogen (secondary N) is 1. The van der Waals surface area contributed by atoms with Crippen LogP contribution in [0, 0.1) is 0 Å². The quantitative estimate of drug-likeness (QED) is 0.128. The Morgan fingerprint density at radius 2 is 1.50 bits per heavy atom. The molecule has 8 nitrogen and oxygen atoms in total. The number of quaternary nitrogens is 1. The van der Waals surface area contributed by atoms with Gasteiger partial charge in [-0.25, -0.2) is 4.57 Å². The SMILES string of the molecule is CCCCCCCCCCCC(O)C(COP(=O)(O)OCC[N+](C)(C)C)NC(=O)CCC. The Hall–Kier alpha value is -0.500. The highest BCUT2D eigenvalue weighted by Crippen LogP contribution is 2.43. The molecule has 0 spiro atoms. The number of carbonyl (C=O) groups excluding carboxylic acids is 1. The molecule has 3 N–H and O–H groups in total. The Morgan fingerprint density at radius 3 is 2.03 bits per heavy atom. The minimum atomic E-state index is -4.26. The monoisotopic (exact) mass is 481 g/mol. The van der Waals surface area contributed by atoms with E-state index in [0.717, 1.165) is 19.3 Å². The molecule has 0 rings (SSSR count). The average Bonchev–Trinajstić information content (AvgIpc) is 2.68. The van der Waals surface area contributed by atoms with Crippen LogP contribution in [0.1, 0.15) is 90.9 Å². The minimum absolute atomic E-state index is 0.0745. The number of aliphatic hydroxyl groups is 1. The van der Waals surface area contributed by atoms with Crippen LogP contribution in [0.5, 0.6) is 0 Å². The highest BCUT2D eigenvalue weighted by molar-refractivity contribution is 7.47. The lowest BCUT2D eigenvalue weighted by atomic mass is 10.0. The Labute approximate surface area is 196 Å². The van der Waals surface area contributed by atoms with Crippen molar-refractivity contribution in [3.05, 3.63) is 0 Å². The zero-order valence-electron chi connectivity index (χ0n) is 21.2. The Bertz CT molecular complexity index is 527. The molecule has 3 atom stereocenters. The number of hydrogen-bond acceptors (Lipinski definition) is 5. The third kappa shape index (κ3) is 19.0. The average molecular weight is 482 g/mol. The maximum Gasteiger partial charge on any atom is 0.472 e. The summed E-state index contributed by atoms with van der Waals surface area (Å²) in [5, 5.41) is 13.3. The standard InChI is InChI=1S/C23H49N2O6P/c1-6-8-9-10-11-12-13-14-15-17-22(26)21(24-23(27)16-7-2)20-31-32(28,29)30-19-18-25(3,4)5/h21-22,26H,6-20H2,1-5H3,(H-,24,27,28,29)/p+1. The normalized spacial score (nSPS) is 15.8. The van der Waals surface area contributed by atoms with Crippen molar-refractivity contribution in [1.82, 2.24) is 5.32 Å². The van der Waals surface area contributed by atoms with Crippen LogP contribution in [0.2, 0.25) is 0 Å². The van der Waals surface area contributed by atoms with E-state index in [4.69, 9.17) is 9.05 Å². The molecule has 0 aromatic rings. The molecular formula is C23H50N2O6P+. The zero-order chi connectivity index (χ0) is 24.5. The topological polar surface area (TPSA) is 105 Å². The van der Waals surface area contributed by atoms with Gasteiger partial charge in [0.25, 0.3) is 0 Å². The van der Waals surface area contributed by atoms with Crippen molar-refractivity contribution in [1.29, 1.82) is 0 Å². The number of hydrogen-bond donors (Lipinski definition) is 3. The van der Waals surface area contributed by atoms with Gasteiger partial charge >= 0.3 is 7.82 Å². The lowest BCUT2D eigenvalue weighted by Crippen LogP contribution is -2.46. The second-order valence-electron chi connectivity index (χ2n) is 9.72. The van der Waals surface area contributed by atoms with E-state index in [1.807, 2.05) is 28.1 Å². The first-order valence-corrected chi connectivity index (χ1v) is 13.9. The number of phosphoric ester groups is 1. The van der Waals surface area contributed by atoms with Gasteiger partial charge in [-0.15, -0.1) is 0 Å². The molecule has 192 valence electrons. The summed E-state index contributed by atoms with van der Waals surface area (Å²) in [4.78, 5) is 22.0. The smallest absolute Gasteiger partial charge is 0.391 e. The van der Waals surface area contributed by atoms with E-state index in [0.29, 0.717) is 30.3 Å². The predicted molar refractivity (Wildman–Crippen MR) is 129 cm³/mol. The number of amides is 1. The molecule has 0 aromatic heterocycles. The van der Waals surface area contributed by atoms with Crippen LogP contribution < -0.4 is 5.32 Å². The van der Waals surface area contributed by atoms with E-state index >= 15 is 0 Å². The van der Waals surface area contributed by atoms with Gasteiger partial charge in [0.2, 0.25) is 5.91 Å². The molecule has 0 bridgehead atoms. The van der Waals surface area contributed by atoms with E-state index in [2.05, 4.69) is 12.2 Å². The number of carbonyl (C=O) groups is 1. The Kier molecular flexibility index (Phi) is 17.6. The van der Waals surface area contributed by atoms with Crippen molar-refractivity contribution in [2.45, 2.75) is 103 Å². The number of likely N-dealkylation sites (N-methyl/N-ethyl adjacent to an activating group) is 1. The van der Waals surface area contributed by atoms with Gasteiger partial charge in [0.05, 0.1) is 39.9 Å². The maximum absolute atomic E-state index is 12.2. The molecule has 0 aromatic carbocycles. The largest absolute Gasteiger partial charge is 0.472 e. The predicted octanol–water partition coefficient (Wildman–Crippen LogP) is 4.39. The molecule has 0 fully saturated rings. The van der Waals surface area contributed by atoms with Crippen LogP contribution in [0.3, 0.4) is 0 Å². The fourth-order valence-corrected chi connectivity index (χ4v) is 4.00. The summed E-state index contributed by atoms with van der Waals surface area (Å²) < 4.78 is 22.9. The van der Waals surface area contributed by atoms with E-state index in [1.165, 1.54) is 38.5 Å². The molecule has 0 aliphatic rings. The van der Waals surface area contributed by atoms with Crippen LogP contribution in [0.15, 0.2) is 0 Å². The van der Waals surface area contributed by atoms with Crippen molar-refractivity contribution in [3.8, 4) is 0 Å². The van der Waals surface area contributed by atoms with E-state index in [1.54, 1.807) is 0 Å². The highest BCUT2D eigenvalue weighted by Gasteiger charge is 2.28.